The third kappa shape index (κ3) is 4.46. The molecule has 0 aliphatic carbocycles. The molecule has 0 fully saturated rings. The molecule has 2 aromatic heterocycles. The van der Waals surface area contributed by atoms with E-state index in [1.165, 1.54) is 6.07 Å². The molecule has 0 spiro atoms. The van der Waals surface area contributed by atoms with Gasteiger partial charge in [0.15, 0.2) is 11.5 Å². The normalized spacial score (nSPS) is 11.2. The fourth-order valence-corrected chi connectivity index (χ4v) is 1.66. The lowest BCUT2D eigenvalue weighted by Gasteiger charge is -2.18. The molecule has 0 aromatic carbocycles. The Bertz CT molecular complexity index is 688. The van der Waals surface area contributed by atoms with Crippen LogP contribution in [-0.2, 0) is 17.8 Å². The Morgan fingerprint density at radius 3 is 2.73 bits per heavy atom. The maximum absolute atomic E-state index is 11.8. The Labute approximate surface area is 127 Å². The van der Waals surface area contributed by atoms with Gasteiger partial charge < -0.3 is 19.0 Å². The fraction of sp³-hybridized carbons (Fsp3) is 0.400. The van der Waals surface area contributed by atoms with Gasteiger partial charge in [-0.1, -0.05) is 5.16 Å². The second-order valence-electron chi connectivity index (χ2n) is 5.66. The monoisotopic (exact) mass is 303 g/mol. The molecule has 2 aromatic rings. The number of hydrogen-bond donors (Lipinski definition) is 1. The highest BCUT2D eigenvalue weighted by Gasteiger charge is 2.21. The first-order valence-electron chi connectivity index (χ1n) is 6.76. The number of esters is 1. The number of carbonyl (C=O) groups excluding carboxylic acids is 1. The molecule has 0 amide bonds. The van der Waals surface area contributed by atoms with Crippen LogP contribution >= 0.6 is 0 Å². The van der Waals surface area contributed by atoms with Crippen LogP contribution in [0.3, 0.4) is 0 Å². The van der Waals surface area contributed by atoms with Crippen molar-refractivity contribution in [1.82, 2.24) is 10.5 Å². The van der Waals surface area contributed by atoms with E-state index >= 15 is 0 Å². The van der Waals surface area contributed by atoms with Crippen LogP contribution in [0.1, 0.15) is 48.5 Å². The molecule has 0 saturated carbocycles. The van der Waals surface area contributed by atoms with Crippen molar-refractivity contribution in [3.05, 3.63) is 41.2 Å². The molecule has 2 rings (SSSR count). The number of ether oxygens (including phenoxy) is 1. The van der Waals surface area contributed by atoms with E-state index in [-0.39, 0.29) is 11.5 Å². The first kappa shape index (κ1) is 15.8. The van der Waals surface area contributed by atoms with Crippen LogP contribution < -0.4 is 5.32 Å². The van der Waals surface area contributed by atoms with Gasteiger partial charge in [0.2, 0.25) is 5.76 Å². The number of furan rings is 1. The van der Waals surface area contributed by atoms with Crippen molar-refractivity contribution >= 4 is 5.97 Å². The predicted octanol–water partition coefficient (Wildman–Crippen LogP) is 2.38. The van der Waals surface area contributed by atoms with E-state index in [0.717, 1.165) is 0 Å². The van der Waals surface area contributed by atoms with E-state index in [4.69, 9.17) is 18.9 Å². The summed E-state index contributed by atoms with van der Waals surface area (Å²) in [5.74, 6) is 0.896. The third-order valence-corrected chi connectivity index (χ3v) is 2.54. The van der Waals surface area contributed by atoms with E-state index < -0.39 is 11.6 Å². The second kappa shape index (κ2) is 6.45. The molecule has 22 heavy (non-hydrogen) atoms. The first-order valence-corrected chi connectivity index (χ1v) is 6.76. The zero-order chi connectivity index (χ0) is 16.2. The summed E-state index contributed by atoms with van der Waals surface area (Å²) < 4.78 is 15.5. The van der Waals surface area contributed by atoms with E-state index in [9.17, 15) is 4.79 Å². The molecule has 0 unspecified atom stereocenters. The number of nitrogens with one attached hydrogen (secondary N) is 1. The van der Waals surface area contributed by atoms with Crippen molar-refractivity contribution in [2.45, 2.75) is 39.5 Å². The Morgan fingerprint density at radius 1 is 1.36 bits per heavy atom. The van der Waals surface area contributed by atoms with Gasteiger partial charge in [-0.3, -0.25) is 0 Å². The zero-order valence-corrected chi connectivity index (χ0v) is 12.7. The minimum absolute atomic E-state index is 0.136. The lowest BCUT2D eigenvalue weighted by atomic mass is 10.2. The van der Waals surface area contributed by atoms with Gasteiger partial charge in [-0.2, -0.15) is 5.26 Å². The molecule has 0 bridgehead atoms. The summed E-state index contributed by atoms with van der Waals surface area (Å²) in [5, 5.41) is 15.4. The van der Waals surface area contributed by atoms with Crippen LogP contribution in [0.5, 0.6) is 0 Å². The standard InChI is InChI=1S/C15H17N3O4/c1-15(2,3)21-14(19)13-6-12(22-18-13)9-17-8-11-5-4-10(7-16)20-11/h4-6,17H,8-9H2,1-3H3. The minimum Gasteiger partial charge on any atom is -0.455 e. The van der Waals surface area contributed by atoms with Crippen molar-refractivity contribution in [3.63, 3.8) is 0 Å². The predicted molar refractivity (Wildman–Crippen MR) is 75.6 cm³/mol. The Kier molecular flexibility index (Phi) is 4.63. The summed E-state index contributed by atoms with van der Waals surface area (Å²) in [5.41, 5.74) is -0.442. The first-order chi connectivity index (χ1) is 10.4. The lowest BCUT2D eigenvalue weighted by Crippen LogP contribution is -2.24. The fourth-order valence-electron chi connectivity index (χ4n) is 1.66. The Morgan fingerprint density at radius 2 is 2.09 bits per heavy atom. The zero-order valence-electron chi connectivity index (χ0n) is 12.7. The summed E-state index contributed by atoms with van der Waals surface area (Å²) in [6, 6.07) is 6.77. The van der Waals surface area contributed by atoms with Crippen LogP contribution in [0.15, 0.2) is 27.1 Å². The van der Waals surface area contributed by atoms with Crippen LogP contribution in [0.2, 0.25) is 0 Å². The number of aromatic nitrogens is 1. The van der Waals surface area contributed by atoms with Crippen molar-refractivity contribution in [2.24, 2.45) is 0 Å². The summed E-state index contributed by atoms with van der Waals surface area (Å²) in [6.45, 7) is 6.16. The molecule has 0 radical (unpaired) electrons. The maximum Gasteiger partial charge on any atom is 0.361 e. The summed E-state index contributed by atoms with van der Waals surface area (Å²) in [7, 11) is 0. The largest absolute Gasteiger partial charge is 0.455 e. The number of nitriles is 1. The second-order valence-corrected chi connectivity index (χ2v) is 5.66. The molecule has 2 heterocycles. The van der Waals surface area contributed by atoms with Crippen molar-refractivity contribution in [1.29, 1.82) is 5.26 Å². The molecular formula is C15H17N3O4. The smallest absolute Gasteiger partial charge is 0.361 e. The molecule has 0 aliphatic rings. The number of nitrogens with zero attached hydrogens (tertiary/aromatic N) is 2. The van der Waals surface area contributed by atoms with E-state index in [2.05, 4.69) is 10.5 Å². The minimum atomic E-state index is -0.577. The van der Waals surface area contributed by atoms with E-state index in [0.29, 0.717) is 24.6 Å². The van der Waals surface area contributed by atoms with Gasteiger partial charge in [0, 0.05) is 6.07 Å². The molecule has 7 heteroatoms. The molecule has 0 saturated heterocycles. The molecule has 0 atom stereocenters. The summed E-state index contributed by atoms with van der Waals surface area (Å²) >= 11 is 0. The average Bonchev–Trinajstić information content (AvgIpc) is 3.05. The van der Waals surface area contributed by atoms with Gasteiger partial charge in [0.05, 0.1) is 13.1 Å². The van der Waals surface area contributed by atoms with Crippen molar-refractivity contribution in [2.75, 3.05) is 0 Å². The highest BCUT2D eigenvalue weighted by Crippen LogP contribution is 2.12. The lowest BCUT2D eigenvalue weighted by molar-refractivity contribution is 0.00587. The Hall–Kier alpha value is -2.59. The molecule has 0 aliphatic heterocycles. The maximum atomic E-state index is 11.8. The van der Waals surface area contributed by atoms with Gasteiger partial charge in [-0.05, 0) is 32.9 Å². The number of carbonyl (C=O) groups is 1. The Balaban J connectivity index is 1.84. The molecule has 116 valence electrons. The van der Waals surface area contributed by atoms with Gasteiger partial charge in [-0.25, -0.2) is 4.79 Å². The highest BCUT2D eigenvalue weighted by atomic mass is 16.6. The summed E-state index contributed by atoms with van der Waals surface area (Å²) in [6.07, 6.45) is 0. The molecule has 7 nitrogen and oxygen atoms in total. The van der Waals surface area contributed by atoms with Gasteiger partial charge in [0.1, 0.15) is 17.4 Å². The molecular weight excluding hydrogens is 286 g/mol. The van der Waals surface area contributed by atoms with Crippen molar-refractivity contribution in [3.8, 4) is 6.07 Å². The van der Waals surface area contributed by atoms with E-state index in [1.807, 2.05) is 6.07 Å². The quantitative estimate of drug-likeness (QED) is 0.846. The summed E-state index contributed by atoms with van der Waals surface area (Å²) in [4.78, 5) is 11.8. The number of rotatable bonds is 5. The van der Waals surface area contributed by atoms with Gasteiger partial charge in [-0.15, -0.1) is 0 Å². The number of hydrogen-bond acceptors (Lipinski definition) is 7. The van der Waals surface area contributed by atoms with Crippen LogP contribution in [0.25, 0.3) is 0 Å². The topological polar surface area (TPSA) is 101 Å². The van der Waals surface area contributed by atoms with Crippen LogP contribution in [0.4, 0.5) is 0 Å². The molecule has 1 N–H and O–H groups in total. The van der Waals surface area contributed by atoms with Gasteiger partial charge in [0.25, 0.3) is 0 Å². The SMILES string of the molecule is CC(C)(C)OC(=O)c1cc(CNCc2ccc(C#N)o2)on1. The third-order valence-electron chi connectivity index (χ3n) is 2.54. The average molecular weight is 303 g/mol. The van der Waals surface area contributed by atoms with Crippen LogP contribution in [0, 0.1) is 11.3 Å². The van der Waals surface area contributed by atoms with Gasteiger partial charge >= 0.3 is 5.97 Å². The highest BCUT2D eigenvalue weighted by molar-refractivity contribution is 5.87. The van der Waals surface area contributed by atoms with Crippen LogP contribution in [-0.4, -0.2) is 16.7 Å². The van der Waals surface area contributed by atoms with Crippen molar-refractivity contribution < 1.29 is 18.5 Å². The van der Waals surface area contributed by atoms with E-state index in [1.54, 1.807) is 32.9 Å².